The van der Waals surface area contributed by atoms with E-state index in [0.29, 0.717) is 5.69 Å². The molecule has 26 heavy (non-hydrogen) atoms. The van der Waals surface area contributed by atoms with Crippen molar-refractivity contribution in [2.24, 2.45) is 0 Å². The molecule has 0 bridgehead atoms. The lowest BCUT2D eigenvalue weighted by atomic mass is 10.1. The van der Waals surface area contributed by atoms with Crippen molar-refractivity contribution in [1.82, 2.24) is 14.8 Å². The van der Waals surface area contributed by atoms with E-state index in [1.807, 2.05) is 31.2 Å². The lowest BCUT2D eigenvalue weighted by Crippen LogP contribution is -2.16. The number of aryl methyl sites for hydroxylation is 1. The average molecular weight is 352 g/mol. The summed E-state index contributed by atoms with van der Waals surface area (Å²) >= 11 is 0. The first-order valence-corrected chi connectivity index (χ1v) is 8.15. The molecule has 0 fully saturated rings. The van der Waals surface area contributed by atoms with Crippen LogP contribution in [0.3, 0.4) is 0 Å². The third kappa shape index (κ3) is 4.07. The molecule has 0 unspecified atom stereocenters. The summed E-state index contributed by atoms with van der Waals surface area (Å²) in [5.74, 6) is 0.379. The van der Waals surface area contributed by atoms with Crippen molar-refractivity contribution in [3.8, 4) is 5.75 Å². The monoisotopic (exact) mass is 352 g/mol. The van der Waals surface area contributed by atoms with Crippen LogP contribution in [-0.2, 0) is 6.54 Å². The molecule has 0 saturated heterocycles. The zero-order chi connectivity index (χ0) is 18.5. The molecule has 2 aromatic carbocycles. The molecule has 0 spiro atoms. The number of carbonyl (C=O) groups excluding carboxylic acids is 1. The standard InChI is InChI=1S/C19H20N4O3/c1-13-5-3-4-6-16(13)21-19(25)18-20-12-23(22-18)11-17(24)14-7-9-15(26-2)10-8-14/h3-10,12,17,24H,11H2,1-2H3,(H,21,25)/t17-/m1/s1. The Morgan fingerprint density at radius 1 is 1.23 bits per heavy atom. The van der Waals surface area contributed by atoms with Gasteiger partial charge in [0.25, 0.3) is 5.91 Å². The summed E-state index contributed by atoms with van der Waals surface area (Å²) in [5.41, 5.74) is 2.40. The third-order valence-corrected chi connectivity index (χ3v) is 3.99. The predicted molar refractivity (Wildman–Crippen MR) is 97.1 cm³/mol. The highest BCUT2D eigenvalue weighted by Gasteiger charge is 2.15. The maximum atomic E-state index is 12.3. The van der Waals surface area contributed by atoms with E-state index in [1.54, 1.807) is 31.4 Å². The van der Waals surface area contributed by atoms with Crippen molar-refractivity contribution in [3.63, 3.8) is 0 Å². The molecule has 0 radical (unpaired) electrons. The van der Waals surface area contributed by atoms with Crippen LogP contribution in [-0.4, -0.2) is 32.9 Å². The zero-order valence-electron chi connectivity index (χ0n) is 14.6. The van der Waals surface area contributed by atoms with E-state index in [4.69, 9.17) is 4.74 Å². The van der Waals surface area contributed by atoms with E-state index in [1.165, 1.54) is 11.0 Å². The van der Waals surface area contributed by atoms with Gasteiger partial charge in [0.15, 0.2) is 0 Å². The van der Waals surface area contributed by atoms with Crippen molar-refractivity contribution in [2.45, 2.75) is 19.6 Å². The van der Waals surface area contributed by atoms with E-state index in [9.17, 15) is 9.90 Å². The maximum Gasteiger partial charge on any atom is 0.295 e. The molecule has 2 N–H and O–H groups in total. The number of nitrogens with one attached hydrogen (secondary N) is 1. The van der Waals surface area contributed by atoms with Gasteiger partial charge in [-0.1, -0.05) is 30.3 Å². The molecule has 1 aromatic heterocycles. The molecular weight excluding hydrogens is 332 g/mol. The van der Waals surface area contributed by atoms with Crippen molar-refractivity contribution >= 4 is 11.6 Å². The Kier molecular flexibility index (Phi) is 5.28. The molecule has 134 valence electrons. The lowest BCUT2D eigenvalue weighted by molar-refractivity contribution is 0.101. The number of nitrogens with zero attached hydrogens (tertiary/aromatic N) is 3. The number of hydrogen-bond donors (Lipinski definition) is 2. The summed E-state index contributed by atoms with van der Waals surface area (Å²) in [5, 5.41) is 17.3. The molecule has 0 aliphatic carbocycles. The number of amides is 1. The second-order valence-corrected chi connectivity index (χ2v) is 5.85. The molecule has 7 heteroatoms. The largest absolute Gasteiger partial charge is 0.497 e. The van der Waals surface area contributed by atoms with E-state index in [0.717, 1.165) is 16.9 Å². The third-order valence-electron chi connectivity index (χ3n) is 3.99. The highest BCUT2D eigenvalue weighted by molar-refractivity contribution is 6.01. The van der Waals surface area contributed by atoms with E-state index >= 15 is 0 Å². The number of aliphatic hydroxyl groups excluding tert-OH is 1. The van der Waals surface area contributed by atoms with Crippen LogP contribution in [0.2, 0.25) is 0 Å². The van der Waals surface area contributed by atoms with Crippen molar-refractivity contribution in [3.05, 3.63) is 71.8 Å². The minimum atomic E-state index is -0.769. The topological polar surface area (TPSA) is 89.3 Å². The Bertz CT molecular complexity index is 890. The number of ether oxygens (including phenoxy) is 1. The van der Waals surface area contributed by atoms with Crippen LogP contribution < -0.4 is 10.1 Å². The molecular formula is C19H20N4O3. The Labute approximate surface area is 151 Å². The highest BCUT2D eigenvalue weighted by atomic mass is 16.5. The van der Waals surface area contributed by atoms with Crippen LogP contribution in [0.1, 0.15) is 27.8 Å². The van der Waals surface area contributed by atoms with Gasteiger partial charge in [-0.25, -0.2) is 9.67 Å². The Balaban J connectivity index is 1.65. The highest BCUT2D eigenvalue weighted by Crippen LogP contribution is 2.19. The van der Waals surface area contributed by atoms with Crippen LogP contribution in [0, 0.1) is 6.92 Å². The number of rotatable bonds is 6. The fraction of sp³-hybridized carbons (Fsp3) is 0.211. The van der Waals surface area contributed by atoms with Gasteiger partial charge in [-0.3, -0.25) is 4.79 Å². The van der Waals surface area contributed by atoms with Crippen molar-refractivity contribution < 1.29 is 14.6 Å². The normalized spacial score (nSPS) is 11.8. The van der Waals surface area contributed by atoms with Gasteiger partial charge in [-0.05, 0) is 36.2 Å². The maximum absolute atomic E-state index is 12.3. The average Bonchev–Trinajstić information content (AvgIpc) is 3.12. The van der Waals surface area contributed by atoms with Gasteiger partial charge >= 0.3 is 0 Å². The minimum absolute atomic E-state index is 0.0511. The van der Waals surface area contributed by atoms with Gasteiger partial charge in [0.2, 0.25) is 5.82 Å². The number of aliphatic hydroxyl groups is 1. The molecule has 3 rings (SSSR count). The first-order chi connectivity index (χ1) is 12.6. The van der Waals surface area contributed by atoms with Crippen LogP contribution >= 0.6 is 0 Å². The SMILES string of the molecule is COc1ccc([C@H](O)Cn2cnc(C(=O)Nc3ccccc3C)n2)cc1. The molecule has 0 saturated carbocycles. The summed E-state index contributed by atoms with van der Waals surface area (Å²) < 4.78 is 6.55. The minimum Gasteiger partial charge on any atom is -0.497 e. The lowest BCUT2D eigenvalue weighted by Gasteiger charge is -2.11. The number of aromatic nitrogens is 3. The van der Waals surface area contributed by atoms with Gasteiger partial charge in [0, 0.05) is 5.69 Å². The fourth-order valence-corrected chi connectivity index (χ4v) is 2.49. The summed E-state index contributed by atoms with van der Waals surface area (Å²) in [7, 11) is 1.59. The summed E-state index contributed by atoms with van der Waals surface area (Å²) in [4.78, 5) is 16.3. The van der Waals surface area contributed by atoms with Crippen molar-refractivity contribution in [1.29, 1.82) is 0 Å². The number of anilines is 1. The van der Waals surface area contributed by atoms with E-state index in [-0.39, 0.29) is 12.4 Å². The van der Waals surface area contributed by atoms with Gasteiger partial charge in [-0.15, -0.1) is 5.10 Å². The van der Waals surface area contributed by atoms with E-state index in [2.05, 4.69) is 15.4 Å². The van der Waals surface area contributed by atoms with Crippen LogP contribution in [0.4, 0.5) is 5.69 Å². The first kappa shape index (κ1) is 17.6. The number of carbonyl (C=O) groups is 1. The summed E-state index contributed by atoms with van der Waals surface area (Å²) in [6.07, 6.45) is 0.661. The fourth-order valence-electron chi connectivity index (χ4n) is 2.49. The van der Waals surface area contributed by atoms with E-state index < -0.39 is 12.0 Å². The van der Waals surface area contributed by atoms with Crippen LogP contribution in [0.5, 0.6) is 5.75 Å². The smallest absolute Gasteiger partial charge is 0.295 e. The first-order valence-electron chi connectivity index (χ1n) is 8.15. The van der Waals surface area contributed by atoms with Crippen LogP contribution in [0.25, 0.3) is 0 Å². The Morgan fingerprint density at radius 3 is 2.65 bits per heavy atom. The molecule has 0 aliphatic rings. The molecule has 1 heterocycles. The number of hydrogen-bond acceptors (Lipinski definition) is 5. The Morgan fingerprint density at radius 2 is 1.96 bits per heavy atom. The van der Waals surface area contributed by atoms with Crippen molar-refractivity contribution in [2.75, 3.05) is 12.4 Å². The summed E-state index contributed by atoms with van der Waals surface area (Å²) in [6, 6.07) is 14.6. The molecule has 0 aliphatic heterocycles. The molecule has 1 amide bonds. The molecule has 1 atom stereocenters. The number of para-hydroxylation sites is 1. The van der Waals surface area contributed by atoms with Gasteiger partial charge < -0.3 is 15.2 Å². The predicted octanol–water partition coefficient (Wildman–Crippen LogP) is 2.58. The molecule has 7 nitrogen and oxygen atoms in total. The second-order valence-electron chi connectivity index (χ2n) is 5.85. The van der Waals surface area contributed by atoms with Gasteiger partial charge in [0.1, 0.15) is 12.1 Å². The summed E-state index contributed by atoms with van der Waals surface area (Å²) in [6.45, 7) is 2.10. The quantitative estimate of drug-likeness (QED) is 0.712. The number of methoxy groups -OCH3 is 1. The molecule has 3 aromatic rings. The van der Waals surface area contributed by atoms with Gasteiger partial charge in [0.05, 0.1) is 19.8 Å². The second kappa shape index (κ2) is 7.79. The van der Waals surface area contributed by atoms with Crippen LogP contribution in [0.15, 0.2) is 54.9 Å². The number of benzene rings is 2. The Hall–Kier alpha value is -3.19. The van der Waals surface area contributed by atoms with Gasteiger partial charge in [-0.2, -0.15) is 0 Å². The zero-order valence-corrected chi connectivity index (χ0v) is 14.6.